The second-order valence-corrected chi connectivity index (χ2v) is 5.47. The average Bonchev–Trinajstić information content (AvgIpc) is 2.84. The Hall–Kier alpha value is -1.41. The minimum absolute atomic E-state index is 0.121. The van der Waals surface area contributed by atoms with E-state index in [0.717, 1.165) is 25.0 Å². The van der Waals surface area contributed by atoms with Crippen molar-refractivity contribution in [2.75, 3.05) is 0 Å². The van der Waals surface area contributed by atoms with Gasteiger partial charge in [0, 0.05) is 5.56 Å². The molecule has 0 fully saturated rings. The Balaban J connectivity index is 1.87. The molecule has 2 aromatic rings. The molecule has 0 heterocycles. The first-order chi connectivity index (χ1) is 9.15. The van der Waals surface area contributed by atoms with Gasteiger partial charge in [-0.3, -0.25) is 0 Å². The molecule has 0 amide bonds. The first-order valence-corrected chi connectivity index (χ1v) is 6.74. The Labute approximate surface area is 116 Å². The van der Waals surface area contributed by atoms with E-state index in [9.17, 15) is 8.78 Å². The molecule has 0 aliphatic heterocycles. The highest BCUT2D eigenvalue weighted by Gasteiger charge is 2.29. The van der Waals surface area contributed by atoms with Crippen LogP contribution in [0.25, 0.3) is 0 Å². The van der Waals surface area contributed by atoms with E-state index in [0.29, 0.717) is 0 Å². The minimum atomic E-state index is -0.497. The van der Waals surface area contributed by atoms with Crippen LogP contribution in [-0.2, 0) is 12.8 Å². The van der Waals surface area contributed by atoms with Gasteiger partial charge in [-0.1, -0.05) is 24.3 Å². The van der Waals surface area contributed by atoms with Crippen LogP contribution in [0.2, 0.25) is 0 Å². The van der Waals surface area contributed by atoms with Gasteiger partial charge in [-0.25, -0.2) is 8.78 Å². The molecule has 0 spiro atoms. The second kappa shape index (κ2) is 4.93. The van der Waals surface area contributed by atoms with E-state index in [1.165, 1.54) is 17.2 Å². The van der Waals surface area contributed by atoms with Gasteiger partial charge in [0.1, 0.15) is 11.6 Å². The van der Waals surface area contributed by atoms with Crippen LogP contribution in [-0.4, -0.2) is 0 Å². The molecule has 0 aromatic heterocycles. The van der Waals surface area contributed by atoms with Crippen molar-refractivity contribution in [1.29, 1.82) is 0 Å². The fourth-order valence-electron chi connectivity index (χ4n) is 2.78. The first kappa shape index (κ1) is 12.6. The summed E-state index contributed by atoms with van der Waals surface area (Å²) in [7, 11) is 0. The lowest BCUT2D eigenvalue weighted by atomic mass is 9.95. The lowest BCUT2D eigenvalue weighted by Gasteiger charge is -2.17. The van der Waals surface area contributed by atoms with Crippen LogP contribution >= 0.6 is 11.6 Å². The Bertz CT molecular complexity index is 584. The van der Waals surface area contributed by atoms with Crippen molar-refractivity contribution in [2.24, 2.45) is 5.92 Å². The fourth-order valence-corrected chi connectivity index (χ4v) is 3.13. The number of fused-ring (bicyclic) bond motifs is 1. The van der Waals surface area contributed by atoms with Gasteiger partial charge in [-0.2, -0.15) is 0 Å². The van der Waals surface area contributed by atoms with Crippen LogP contribution in [0.3, 0.4) is 0 Å². The van der Waals surface area contributed by atoms with Crippen molar-refractivity contribution in [2.45, 2.75) is 18.2 Å². The van der Waals surface area contributed by atoms with E-state index in [-0.39, 0.29) is 11.5 Å². The molecule has 1 aliphatic carbocycles. The van der Waals surface area contributed by atoms with Crippen LogP contribution < -0.4 is 0 Å². The van der Waals surface area contributed by atoms with E-state index in [4.69, 9.17) is 11.6 Å². The van der Waals surface area contributed by atoms with Crippen LogP contribution in [0, 0.1) is 17.6 Å². The summed E-state index contributed by atoms with van der Waals surface area (Å²) in [6.45, 7) is 0. The molecule has 0 saturated carbocycles. The third-order valence-electron chi connectivity index (χ3n) is 3.75. The first-order valence-electron chi connectivity index (χ1n) is 6.31. The lowest BCUT2D eigenvalue weighted by Crippen LogP contribution is -2.10. The van der Waals surface area contributed by atoms with Gasteiger partial charge >= 0.3 is 0 Å². The number of halogens is 3. The number of alkyl halides is 1. The molecule has 0 bridgehead atoms. The van der Waals surface area contributed by atoms with E-state index in [1.54, 1.807) is 0 Å². The van der Waals surface area contributed by atoms with Crippen LogP contribution in [0.15, 0.2) is 42.5 Å². The Morgan fingerprint density at radius 3 is 2.26 bits per heavy atom. The predicted molar refractivity (Wildman–Crippen MR) is 72.3 cm³/mol. The number of hydrogen-bond donors (Lipinski definition) is 0. The van der Waals surface area contributed by atoms with E-state index < -0.39 is 17.0 Å². The summed E-state index contributed by atoms with van der Waals surface area (Å²) in [5.74, 6) is -0.759. The number of hydrogen-bond acceptors (Lipinski definition) is 0. The number of benzene rings is 2. The maximum atomic E-state index is 13.8. The molecular formula is C16H13ClF2. The van der Waals surface area contributed by atoms with Crippen LogP contribution in [0.4, 0.5) is 8.78 Å². The summed E-state index contributed by atoms with van der Waals surface area (Å²) in [4.78, 5) is 0. The predicted octanol–water partition coefficient (Wildman–Crippen LogP) is 4.66. The molecule has 1 unspecified atom stereocenters. The van der Waals surface area contributed by atoms with Gasteiger partial charge in [0.2, 0.25) is 0 Å². The molecular weight excluding hydrogens is 266 g/mol. The van der Waals surface area contributed by atoms with Gasteiger partial charge in [0.25, 0.3) is 0 Å². The quantitative estimate of drug-likeness (QED) is 0.701. The maximum Gasteiger partial charge on any atom is 0.128 e. The molecule has 19 heavy (non-hydrogen) atoms. The smallest absolute Gasteiger partial charge is 0.128 e. The molecule has 2 aromatic carbocycles. The molecule has 98 valence electrons. The van der Waals surface area contributed by atoms with Gasteiger partial charge in [0.05, 0.1) is 5.38 Å². The van der Waals surface area contributed by atoms with Gasteiger partial charge in [-0.05, 0) is 48.1 Å². The highest BCUT2D eigenvalue weighted by Crippen LogP contribution is 2.40. The molecule has 0 nitrogen and oxygen atoms in total. The normalized spacial score (nSPS) is 16.4. The highest BCUT2D eigenvalue weighted by molar-refractivity contribution is 6.21. The van der Waals surface area contributed by atoms with Crippen LogP contribution in [0.5, 0.6) is 0 Å². The summed E-state index contributed by atoms with van der Waals surface area (Å²) in [5.41, 5.74) is 2.78. The average molecular weight is 279 g/mol. The third-order valence-corrected chi connectivity index (χ3v) is 4.34. The Morgan fingerprint density at radius 1 is 1.00 bits per heavy atom. The van der Waals surface area contributed by atoms with Crippen molar-refractivity contribution in [1.82, 2.24) is 0 Å². The molecule has 3 heteroatoms. The monoisotopic (exact) mass is 278 g/mol. The van der Waals surface area contributed by atoms with E-state index in [1.807, 2.05) is 12.1 Å². The third kappa shape index (κ3) is 2.37. The van der Waals surface area contributed by atoms with Crippen molar-refractivity contribution in [3.63, 3.8) is 0 Å². The van der Waals surface area contributed by atoms with Gasteiger partial charge < -0.3 is 0 Å². The molecule has 0 N–H and O–H groups in total. The minimum Gasteiger partial charge on any atom is -0.207 e. The van der Waals surface area contributed by atoms with Crippen molar-refractivity contribution in [3.05, 3.63) is 70.8 Å². The number of rotatable bonds is 2. The topological polar surface area (TPSA) is 0 Å². The standard InChI is InChI=1S/C16H13ClF2/c17-16(14-9-13(18)5-6-15(14)19)12-7-10-3-1-2-4-11(10)8-12/h1-6,9,12,16H,7-8H2. The molecule has 0 saturated heterocycles. The van der Waals surface area contributed by atoms with Crippen LogP contribution in [0.1, 0.15) is 22.1 Å². The zero-order chi connectivity index (χ0) is 13.4. The largest absolute Gasteiger partial charge is 0.207 e. The maximum absolute atomic E-state index is 13.8. The van der Waals surface area contributed by atoms with Crippen molar-refractivity contribution in [3.8, 4) is 0 Å². The van der Waals surface area contributed by atoms with Gasteiger partial charge in [0.15, 0.2) is 0 Å². The molecule has 0 radical (unpaired) electrons. The van der Waals surface area contributed by atoms with Gasteiger partial charge in [-0.15, -0.1) is 11.6 Å². The summed E-state index contributed by atoms with van der Waals surface area (Å²) < 4.78 is 27.0. The van der Waals surface area contributed by atoms with Crippen molar-refractivity contribution < 1.29 is 8.78 Å². The fraction of sp³-hybridized carbons (Fsp3) is 0.250. The van der Waals surface area contributed by atoms with Crippen molar-refractivity contribution >= 4 is 11.6 Å². The van der Waals surface area contributed by atoms with E-state index in [2.05, 4.69) is 12.1 Å². The summed E-state index contributed by atoms with van der Waals surface area (Å²) in [6, 6.07) is 11.6. The second-order valence-electron chi connectivity index (χ2n) is 5.00. The summed E-state index contributed by atoms with van der Waals surface area (Å²) in [6.07, 6.45) is 1.64. The Kier molecular flexibility index (Phi) is 3.28. The SMILES string of the molecule is Fc1ccc(F)c(C(Cl)C2Cc3ccccc3C2)c1. The highest BCUT2D eigenvalue weighted by atomic mass is 35.5. The zero-order valence-corrected chi connectivity index (χ0v) is 11.0. The summed E-state index contributed by atoms with van der Waals surface area (Å²) in [5, 5.41) is -0.497. The molecule has 1 atom stereocenters. The van der Waals surface area contributed by atoms with E-state index >= 15 is 0 Å². The zero-order valence-electron chi connectivity index (χ0n) is 10.2. The summed E-state index contributed by atoms with van der Waals surface area (Å²) >= 11 is 6.37. The lowest BCUT2D eigenvalue weighted by molar-refractivity contribution is 0.508. The molecule has 1 aliphatic rings. The Morgan fingerprint density at radius 2 is 1.63 bits per heavy atom. The molecule has 3 rings (SSSR count).